The molecule has 138 valence electrons. The molecule has 0 bridgehead atoms. The molecule has 1 aliphatic rings. The van der Waals surface area contributed by atoms with E-state index in [9.17, 15) is 18.3 Å². The molecule has 1 aliphatic heterocycles. The molecule has 3 rings (SSSR count). The highest BCUT2D eigenvalue weighted by molar-refractivity contribution is 7.91. The number of benzene rings is 2. The van der Waals surface area contributed by atoms with E-state index in [1.165, 1.54) is 0 Å². The van der Waals surface area contributed by atoms with Crippen molar-refractivity contribution in [1.29, 1.82) is 0 Å². The van der Waals surface area contributed by atoms with Crippen LogP contribution in [0, 0.1) is 5.92 Å². The summed E-state index contributed by atoms with van der Waals surface area (Å²) in [7, 11) is -1.56. The Kier molecular flexibility index (Phi) is 5.44. The number of hydrogen-bond donors (Lipinski definition) is 1. The van der Waals surface area contributed by atoms with E-state index in [0.29, 0.717) is 30.8 Å². The fraction of sp³-hybridized carbons (Fsp3) is 0.350. The van der Waals surface area contributed by atoms with Crippen LogP contribution in [-0.2, 0) is 32.2 Å². The number of carboxylic acid groups (broad SMARTS) is 1. The average Bonchev–Trinajstić information content (AvgIpc) is 2.93. The second kappa shape index (κ2) is 7.60. The maximum Gasteiger partial charge on any atom is 0.306 e. The van der Waals surface area contributed by atoms with E-state index < -0.39 is 21.7 Å². The lowest BCUT2D eigenvalue weighted by molar-refractivity contribution is -0.142. The molecule has 0 fully saturated rings. The van der Waals surface area contributed by atoms with Crippen molar-refractivity contribution in [1.82, 2.24) is 0 Å². The zero-order valence-corrected chi connectivity index (χ0v) is 15.5. The van der Waals surface area contributed by atoms with E-state index in [1.807, 2.05) is 36.4 Å². The molecule has 0 saturated heterocycles. The summed E-state index contributed by atoms with van der Waals surface area (Å²) in [6.07, 6.45) is 1.45. The molecule has 1 heterocycles. The van der Waals surface area contributed by atoms with Gasteiger partial charge < -0.3 is 9.84 Å². The molecule has 0 aliphatic carbocycles. The van der Waals surface area contributed by atoms with Gasteiger partial charge in [-0.3, -0.25) is 4.79 Å². The molecule has 1 atom stereocenters. The minimum absolute atomic E-state index is 0.172. The summed E-state index contributed by atoms with van der Waals surface area (Å²) >= 11 is 0. The second-order valence-electron chi connectivity index (χ2n) is 6.61. The predicted molar refractivity (Wildman–Crippen MR) is 99.0 cm³/mol. The lowest BCUT2D eigenvalue weighted by Gasteiger charge is -2.13. The average molecular weight is 374 g/mol. The van der Waals surface area contributed by atoms with Crippen molar-refractivity contribution in [3.8, 4) is 11.1 Å². The number of sulfone groups is 1. The molecular formula is C20H22O5S. The normalized spacial score (nSPS) is 16.2. The third kappa shape index (κ3) is 3.97. The summed E-state index contributed by atoms with van der Waals surface area (Å²) in [5, 5.41) is 9.39. The highest BCUT2D eigenvalue weighted by atomic mass is 32.2. The predicted octanol–water partition coefficient (Wildman–Crippen LogP) is 2.96. The van der Waals surface area contributed by atoms with E-state index >= 15 is 0 Å². The summed E-state index contributed by atoms with van der Waals surface area (Å²) in [5.41, 5.74) is 3.72. The summed E-state index contributed by atoms with van der Waals surface area (Å²) in [6.45, 7) is 0.413. The smallest absolute Gasteiger partial charge is 0.306 e. The number of rotatable bonds is 7. The molecule has 5 nitrogen and oxygen atoms in total. The van der Waals surface area contributed by atoms with Crippen LogP contribution < -0.4 is 0 Å². The zero-order chi connectivity index (χ0) is 18.7. The van der Waals surface area contributed by atoms with Crippen molar-refractivity contribution in [2.75, 3.05) is 19.5 Å². The van der Waals surface area contributed by atoms with Gasteiger partial charge in [0, 0.05) is 13.7 Å². The highest BCUT2D eigenvalue weighted by Crippen LogP contribution is 2.31. The fourth-order valence-corrected chi connectivity index (χ4v) is 4.89. The number of fused-ring (bicyclic) bond motifs is 1. The maximum absolute atomic E-state index is 12.0. The van der Waals surface area contributed by atoms with Gasteiger partial charge in [0.25, 0.3) is 0 Å². The number of ether oxygens (including phenoxy) is 1. The van der Waals surface area contributed by atoms with Gasteiger partial charge in [0.15, 0.2) is 9.84 Å². The molecule has 2 aromatic rings. The number of carbonyl (C=O) groups is 1. The molecule has 2 aromatic carbocycles. The number of carboxylic acids is 1. The van der Waals surface area contributed by atoms with Crippen LogP contribution in [0.15, 0.2) is 47.4 Å². The Morgan fingerprint density at radius 3 is 2.69 bits per heavy atom. The highest BCUT2D eigenvalue weighted by Gasteiger charge is 2.26. The summed E-state index contributed by atoms with van der Waals surface area (Å²) in [4.78, 5) is 11.9. The summed E-state index contributed by atoms with van der Waals surface area (Å²) in [6, 6.07) is 13.2. The minimum atomic E-state index is -3.12. The van der Waals surface area contributed by atoms with E-state index in [4.69, 9.17) is 4.74 Å². The van der Waals surface area contributed by atoms with E-state index in [1.54, 1.807) is 13.2 Å². The van der Waals surface area contributed by atoms with Gasteiger partial charge in [-0.2, -0.15) is 0 Å². The number of aryl methyl sites for hydroxylation is 1. The van der Waals surface area contributed by atoms with Crippen molar-refractivity contribution in [2.24, 2.45) is 5.92 Å². The van der Waals surface area contributed by atoms with Crippen LogP contribution in [0.25, 0.3) is 11.1 Å². The van der Waals surface area contributed by atoms with Gasteiger partial charge in [0.05, 0.1) is 16.6 Å². The van der Waals surface area contributed by atoms with Crippen molar-refractivity contribution in [3.05, 3.63) is 53.6 Å². The van der Waals surface area contributed by atoms with Crippen LogP contribution in [0.2, 0.25) is 0 Å². The second-order valence-corrected chi connectivity index (χ2v) is 8.69. The van der Waals surface area contributed by atoms with Gasteiger partial charge in [-0.15, -0.1) is 0 Å². The molecule has 0 amide bonds. The van der Waals surface area contributed by atoms with E-state index in [0.717, 1.165) is 22.3 Å². The van der Waals surface area contributed by atoms with Crippen LogP contribution in [0.3, 0.4) is 0 Å². The molecule has 0 spiro atoms. The topological polar surface area (TPSA) is 80.7 Å². The first-order chi connectivity index (χ1) is 12.4. The van der Waals surface area contributed by atoms with Crippen molar-refractivity contribution in [2.45, 2.75) is 24.2 Å². The molecule has 0 saturated carbocycles. The standard InChI is InChI=1S/C20H22O5S/c1-25-9-7-18(20(21)22)12-14-3-2-4-15(11-14)16-5-6-19-17(13-16)8-10-26(19,23)24/h2-6,11,13,18H,7-10,12H2,1H3,(H,21,22). The Morgan fingerprint density at radius 1 is 1.19 bits per heavy atom. The minimum Gasteiger partial charge on any atom is -0.481 e. The van der Waals surface area contributed by atoms with E-state index in [-0.39, 0.29) is 5.75 Å². The Balaban J connectivity index is 1.85. The maximum atomic E-state index is 12.0. The van der Waals surface area contributed by atoms with Gasteiger partial charge >= 0.3 is 5.97 Å². The lowest BCUT2D eigenvalue weighted by Crippen LogP contribution is -2.18. The van der Waals surface area contributed by atoms with Gasteiger partial charge in [0.2, 0.25) is 0 Å². The Labute approximate surface area is 153 Å². The number of aliphatic carboxylic acids is 1. The lowest BCUT2D eigenvalue weighted by atomic mass is 9.93. The molecule has 26 heavy (non-hydrogen) atoms. The SMILES string of the molecule is COCCC(Cc1cccc(-c2ccc3c(c2)CCS3(=O)=O)c1)C(=O)O. The first-order valence-electron chi connectivity index (χ1n) is 8.57. The molecule has 1 N–H and O–H groups in total. The molecule has 6 heteroatoms. The van der Waals surface area contributed by atoms with Crippen LogP contribution in [0.1, 0.15) is 17.5 Å². The van der Waals surface area contributed by atoms with Crippen molar-refractivity contribution < 1.29 is 23.1 Å². The Bertz CT molecular complexity index is 918. The van der Waals surface area contributed by atoms with Gasteiger partial charge in [-0.05, 0) is 53.6 Å². The Morgan fingerprint density at radius 2 is 1.96 bits per heavy atom. The molecule has 0 aromatic heterocycles. The third-order valence-electron chi connectivity index (χ3n) is 4.80. The zero-order valence-electron chi connectivity index (χ0n) is 14.6. The van der Waals surface area contributed by atoms with Gasteiger partial charge in [0.1, 0.15) is 0 Å². The largest absolute Gasteiger partial charge is 0.481 e. The van der Waals surface area contributed by atoms with Gasteiger partial charge in [-0.1, -0.05) is 30.3 Å². The molecular weight excluding hydrogens is 352 g/mol. The Hall–Kier alpha value is -2.18. The van der Waals surface area contributed by atoms with Crippen molar-refractivity contribution >= 4 is 15.8 Å². The van der Waals surface area contributed by atoms with E-state index in [2.05, 4.69) is 0 Å². The van der Waals surface area contributed by atoms with Crippen LogP contribution >= 0.6 is 0 Å². The number of methoxy groups -OCH3 is 1. The van der Waals surface area contributed by atoms with Crippen molar-refractivity contribution in [3.63, 3.8) is 0 Å². The molecule has 0 radical (unpaired) electrons. The monoisotopic (exact) mass is 374 g/mol. The molecule has 1 unspecified atom stereocenters. The fourth-order valence-electron chi connectivity index (χ4n) is 3.35. The van der Waals surface area contributed by atoms with Crippen LogP contribution in [0.5, 0.6) is 0 Å². The first kappa shape index (κ1) is 18.6. The first-order valence-corrected chi connectivity index (χ1v) is 10.2. The summed E-state index contributed by atoms with van der Waals surface area (Å²) < 4.78 is 28.9. The van der Waals surface area contributed by atoms with Crippen LogP contribution in [0.4, 0.5) is 0 Å². The number of hydrogen-bond acceptors (Lipinski definition) is 4. The van der Waals surface area contributed by atoms with Crippen LogP contribution in [-0.4, -0.2) is 39.0 Å². The summed E-state index contributed by atoms with van der Waals surface area (Å²) in [5.74, 6) is -1.14. The van der Waals surface area contributed by atoms with Gasteiger partial charge in [-0.25, -0.2) is 8.42 Å². The quantitative estimate of drug-likeness (QED) is 0.806. The third-order valence-corrected chi connectivity index (χ3v) is 6.61.